The van der Waals surface area contributed by atoms with Crippen molar-refractivity contribution in [3.63, 3.8) is 0 Å². The highest BCUT2D eigenvalue weighted by Crippen LogP contribution is 2.37. The summed E-state index contributed by atoms with van der Waals surface area (Å²) >= 11 is 6.98. The average molecular weight is 439 g/mol. The van der Waals surface area contributed by atoms with Crippen molar-refractivity contribution in [3.8, 4) is 23.8 Å². The molecule has 0 atom stereocenters. The maximum Gasteiger partial charge on any atom is 0.176 e. The molecule has 0 heterocycles. The Morgan fingerprint density at radius 1 is 1.22 bits per heavy atom. The maximum absolute atomic E-state index is 5.52. The number of halogens is 2. The topological polar surface area (TPSA) is 30.5 Å². The standard InChI is InChI=1S/C18H17Br2NO2/c1-4-7-23-18-15(20)9-13(10-17(18)22-3)11-21-16-6-5-14(19)8-12(16)2/h1,5-6,8-10,21H,7,11H2,2-3H3. The molecule has 0 aliphatic carbocycles. The van der Waals surface area contributed by atoms with E-state index in [0.717, 1.165) is 20.2 Å². The van der Waals surface area contributed by atoms with Gasteiger partial charge in [-0.1, -0.05) is 21.9 Å². The Bertz CT molecular complexity index is 739. The molecule has 0 saturated carbocycles. The van der Waals surface area contributed by atoms with Gasteiger partial charge in [0.2, 0.25) is 0 Å². The Kier molecular flexibility index (Phi) is 6.37. The summed E-state index contributed by atoms with van der Waals surface area (Å²) in [6.07, 6.45) is 5.24. The van der Waals surface area contributed by atoms with Crippen LogP contribution in [0.1, 0.15) is 11.1 Å². The molecular formula is C18H17Br2NO2. The third-order valence-corrected chi connectivity index (χ3v) is 4.34. The highest BCUT2D eigenvalue weighted by Gasteiger charge is 2.11. The number of rotatable bonds is 6. The monoisotopic (exact) mass is 437 g/mol. The van der Waals surface area contributed by atoms with E-state index in [-0.39, 0.29) is 6.61 Å². The van der Waals surface area contributed by atoms with Crippen molar-refractivity contribution >= 4 is 37.5 Å². The molecule has 0 fully saturated rings. The first-order valence-corrected chi connectivity index (χ1v) is 8.56. The summed E-state index contributed by atoms with van der Waals surface area (Å²) < 4.78 is 12.8. The van der Waals surface area contributed by atoms with Crippen LogP contribution in [0, 0.1) is 19.3 Å². The highest BCUT2D eigenvalue weighted by atomic mass is 79.9. The van der Waals surface area contributed by atoms with E-state index in [4.69, 9.17) is 15.9 Å². The van der Waals surface area contributed by atoms with Crippen LogP contribution in [0.3, 0.4) is 0 Å². The Morgan fingerprint density at radius 2 is 2.00 bits per heavy atom. The van der Waals surface area contributed by atoms with Crippen LogP contribution in [-0.4, -0.2) is 13.7 Å². The van der Waals surface area contributed by atoms with Crippen molar-refractivity contribution in [2.75, 3.05) is 19.0 Å². The second kappa shape index (κ2) is 8.28. The van der Waals surface area contributed by atoms with Crippen LogP contribution >= 0.6 is 31.9 Å². The molecule has 2 aromatic rings. The molecule has 0 aromatic heterocycles. The zero-order chi connectivity index (χ0) is 16.8. The zero-order valence-electron chi connectivity index (χ0n) is 13.0. The Hall–Kier alpha value is -1.64. The second-order valence-electron chi connectivity index (χ2n) is 4.91. The van der Waals surface area contributed by atoms with E-state index < -0.39 is 0 Å². The summed E-state index contributed by atoms with van der Waals surface area (Å²) in [5.41, 5.74) is 3.35. The molecule has 0 bridgehead atoms. The molecule has 0 radical (unpaired) electrons. The number of ether oxygens (including phenoxy) is 2. The number of benzene rings is 2. The van der Waals surface area contributed by atoms with Gasteiger partial charge in [-0.3, -0.25) is 0 Å². The van der Waals surface area contributed by atoms with E-state index in [1.807, 2.05) is 18.2 Å². The third-order valence-electron chi connectivity index (χ3n) is 3.26. The fraction of sp³-hybridized carbons (Fsp3) is 0.222. The number of hydrogen-bond acceptors (Lipinski definition) is 3. The maximum atomic E-state index is 5.52. The lowest BCUT2D eigenvalue weighted by Crippen LogP contribution is -2.03. The van der Waals surface area contributed by atoms with Crippen LogP contribution in [0.15, 0.2) is 39.3 Å². The lowest BCUT2D eigenvalue weighted by molar-refractivity contribution is 0.328. The van der Waals surface area contributed by atoms with Crippen molar-refractivity contribution < 1.29 is 9.47 Å². The van der Waals surface area contributed by atoms with Gasteiger partial charge < -0.3 is 14.8 Å². The smallest absolute Gasteiger partial charge is 0.176 e. The number of anilines is 1. The first kappa shape index (κ1) is 17.7. The summed E-state index contributed by atoms with van der Waals surface area (Å²) in [4.78, 5) is 0. The summed E-state index contributed by atoms with van der Waals surface area (Å²) in [7, 11) is 1.61. The van der Waals surface area contributed by atoms with Gasteiger partial charge >= 0.3 is 0 Å². The molecular weight excluding hydrogens is 422 g/mol. The summed E-state index contributed by atoms with van der Waals surface area (Å²) in [6, 6.07) is 10.1. The first-order chi connectivity index (χ1) is 11.0. The van der Waals surface area contributed by atoms with Crippen LogP contribution in [0.5, 0.6) is 11.5 Å². The molecule has 0 saturated heterocycles. The van der Waals surface area contributed by atoms with Crippen LogP contribution in [0.4, 0.5) is 5.69 Å². The van der Waals surface area contributed by atoms with Gasteiger partial charge in [-0.05, 0) is 64.3 Å². The van der Waals surface area contributed by atoms with Crippen LogP contribution < -0.4 is 14.8 Å². The van der Waals surface area contributed by atoms with Gasteiger partial charge in [0.25, 0.3) is 0 Å². The van der Waals surface area contributed by atoms with Gasteiger partial charge in [0.05, 0.1) is 11.6 Å². The third kappa shape index (κ3) is 4.66. The molecule has 0 aliphatic rings. The van der Waals surface area contributed by atoms with Gasteiger partial charge in [-0.2, -0.15) is 0 Å². The van der Waals surface area contributed by atoms with E-state index in [1.165, 1.54) is 5.56 Å². The highest BCUT2D eigenvalue weighted by molar-refractivity contribution is 9.10. The largest absolute Gasteiger partial charge is 0.493 e. The van der Waals surface area contributed by atoms with Gasteiger partial charge in [-0.25, -0.2) is 0 Å². The molecule has 120 valence electrons. The number of methoxy groups -OCH3 is 1. The van der Waals surface area contributed by atoms with E-state index in [0.29, 0.717) is 18.0 Å². The molecule has 0 spiro atoms. The van der Waals surface area contributed by atoms with E-state index in [2.05, 4.69) is 62.2 Å². The van der Waals surface area contributed by atoms with Crippen molar-refractivity contribution in [1.82, 2.24) is 0 Å². The lowest BCUT2D eigenvalue weighted by atomic mass is 10.1. The lowest BCUT2D eigenvalue weighted by Gasteiger charge is -2.14. The Labute approximate surface area is 153 Å². The van der Waals surface area contributed by atoms with Crippen molar-refractivity contribution in [2.45, 2.75) is 13.5 Å². The fourth-order valence-electron chi connectivity index (χ4n) is 2.15. The SMILES string of the molecule is C#CCOc1c(Br)cc(CNc2ccc(Br)cc2C)cc1OC. The minimum Gasteiger partial charge on any atom is -0.493 e. The molecule has 0 amide bonds. The normalized spacial score (nSPS) is 10.0. The van der Waals surface area contributed by atoms with Crippen LogP contribution in [0.25, 0.3) is 0 Å². The molecule has 5 heteroatoms. The molecule has 1 N–H and O–H groups in total. The second-order valence-corrected chi connectivity index (χ2v) is 6.68. The summed E-state index contributed by atoms with van der Waals surface area (Å²) in [6.45, 7) is 2.94. The predicted molar refractivity (Wildman–Crippen MR) is 101 cm³/mol. The van der Waals surface area contributed by atoms with Crippen molar-refractivity contribution in [3.05, 3.63) is 50.4 Å². The van der Waals surface area contributed by atoms with Crippen molar-refractivity contribution in [2.24, 2.45) is 0 Å². The number of hydrogen-bond donors (Lipinski definition) is 1. The van der Waals surface area contributed by atoms with E-state index in [1.54, 1.807) is 7.11 Å². The van der Waals surface area contributed by atoms with Gasteiger partial charge in [0, 0.05) is 16.7 Å². The molecule has 2 aromatic carbocycles. The zero-order valence-corrected chi connectivity index (χ0v) is 16.1. The number of terminal acetylenes is 1. The summed E-state index contributed by atoms with van der Waals surface area (Å²) in [5.74, 6) is 3.72. The minimum absolute atomic E-state index is 0.199. The number of aryl methyl sites for hydroxylation is 1. The van der Waals surface area contributed by atoms with Gasteiger partial charge in [-0.15, -0.1) is 6.42 Å². The molecule has 0 unspecified atom stereocenters. The molecule has 23 heavy (non-hydrogen) atoms. The Balaban J connectivity index is 2.17. The Morgan fingerprint density at radius 3 is 2.65 bits per heavy atom. The predicted octanol–water partition coefficient (Wildman–Crippen LogP) is 5.15. The van der Waals surface area contributed by atoms with Crippen LogP contribution in [0.2, 0.25) is 0 Å². The minimum atomic E-state index is 0.199. The molecule has 0 aliphatic heterocycles. The van der Waals surface area contributed by atoms with E-state index >= 15 is 0 Å². The van der Waals surface area contributed by atoms with Gasteiger partial charge in [0.1, 0.15) is 6.61 Å². The molecule has 2 rings (SSSR count). The van der Waals surface area contributed by atoms with Gasteiger partial charge in [0.15, 0.2) is 11.5 Å². The molecule has 3 nitrogen and oxygen atoms in total. The number of nitrogens with one attached hydrogen (secondary N) is 1. The van der Waals surface area contributed by atoms with Crippen molar-refractivity contribution in [1.29, 1.82) is 0 Å². The first-order valence-electron chi connectivity index (χ1n) is 6.98. The quantitative estimate of drug-likeness (QED) is 0.632. The summed E-state index contributed by atoms with van der Waals surface area (Å²) in [5, 5.41) is 3.43. The fourth-order valence-corrected chi connectivity index (χ4v) is 3.23. The van der Waals surface area contributed by atoms with Crippen LogP contribution in [-0.2, 0) is 6.54 Å². The van der Waals surface area contributed by atoms with E-state index in [9.17, 15) is 0 Å². The average Bonchev–Trinajstić information content (AvgIpc) is 2.52.